The fourth-order valence-corrected chi connectivity index (χ4v) is 6.39. The minimum atomic E-state index is -0.518. The number of ether oxygens (including phenoxy) is 3. The van der Waals surface area contributed by atoms with E-state index in [0.29, 0.717) is 26.1 Å². The lowest BCUT2D eigenvalue weighted by Crippen LogP contribution is -2.30. The Kier molecular flexibility index (Phi) is 39.4. The van der Waals surface area contributed by atoms with Gasteiger partial charge in [-0.15, -0.1) is 0 Å². The molecule has 5 heteroatoms. The molecule has 0 saturated heterocycles. The van der Waals surface area contributed by atoms with Crippen LogP contribution in [0.25, 0.3) is 0 Å². The van der Waals surface area contributed by atoms with Crippen LogP contribution in [0.15, 0.2) is 0 Å². The third kappa shape index (κ3) is 37.7. The van der Waals surface area contributed by atoms with Crippen molar-refractivity contribution >= 4 is 11.9 Å². The zero-order valence-electron chi connectivity index (χ0n) is 32.8. The van der Waals surface area contributed by atoms with Crippen molar-refractivity contribution in [3.8, 4) is 0 Å². The van der Waals surface area contributed by atoms with Gasteiger partial charge in [-0.25, -0.2) is 0 Å². The number of hydrogen-bond acceptors (Lipinski definition) is 5. The zero-order chi connectivity index (χ0) is 35.0. The molecular weight excluding hydrogens is 596 g/mol. The fourth-order valence-electron chi connectivity index (χ4n) is 6.39. The summed E-state index contributed by atoms with van der Waals surface area (Å²) >= 11 is 0. The molecule has 48 heavy (non-hydrogen) atoms. The lowest BCUT2D eigenvalue weighted by Gasteiger charge is -2.18. The van der Waals surface area contributed by atoms with Crippen molar-refractivity contribution in [1.29, 1.82) is 0 Å². The molecule has 1 atom stereocenters. The van der Waals surface area contributed by atoms with E-state index in [1.807, 2.05) is 0 Å². The minimum absolute atomic E-state index is 0.0953. The molecule has 0 amide bonds. The molecule has 0 aliphatic rings. The molecule has 0 heterocycles. The summed E-state index contributed by atoms with van der Waals surface area (Å²) in [5.74, 6) is -0.385. The standard InChI is InChI=1S/C43H84O5/c1-4-7-10-13-16-18-20-21-22-23-25-26-28-30-33-36-42(44)47-40-41(39-46-38-35-32-15-12-9-6-3)48-43(45)37-34-31-29-27-24-19-17-14-11-8-5-2/h41H,4-40H2,1-3H3. The Labute approximate surface area is 300 Å². The van der Waals surface area contributed by atoms with Gasteiger partial charge in [-0.1, -0.05) is 207 Å². The summed E-state index contributed by atoms with van der Waals surface area (Å²) in [4.78, 5) is 25.1. The van der Waals surface area contributed by atoms with Crippen LogP contribution in [0.2, 0.25) is 0 Å². The van der Waals surface area contributed by atoms with Crippen LogP contribution in [-0.4, -0.2) is 37.9 Å². The molecule has 0 aromatic carbocycles. The van der Waals surface area contributed by atoms with Gasteiger partial charge in [0, 0.05) is 19.4 Å². The summed E-state index contributed by atoms with van der Waals surface area (Å²) < 4.78 is 17.2. The fraction of sp³-hybridized carbons (Fsp3) is 0.953. The Morgan fingerprint density at radius 2 is 0.688 bits per heavy atom. The first-order valence-corrected chi connectivity index (χ1v) is 21.6. The summed E-state index contributed by atoms with van der Waals surface area (Å²) in [7, 11) is 0. The normalized spacial score (nSPS) is 12.0. The molecule has 0 aromatic rings. The maximum atomic E-state index is 12.6. The van der Waals surface area contributed by atoms with E-state index in [1.54, 1.807) is 0 Å². The van der Waals surface area contributed by atoms with E-state index >= 15 is 0 Å². The van der Waals surface area contributed by atoms with Crippen molar-refractivity contribution in [2.45, 2.75) is 245 Å². The molecule has 5 nitrogen and oxygen atoms in total. The van der Waals surface area contributed by atoms with Crippen molar-refractivity contribution in [3.63, 3.8) is 0 Å². The van der Waals surface area contributed by atoms with Gasteiger partial charge >= 0.3 is 11.9 Å². The van der Waals surface area contributed by atoms with Crippen LogP contribution in [0.3, 0.4) is 0 Å². The summed E-state index contributed by atoms with van der Waals surface area (Å²) in [6.45, 7) is 7.82. The van der Waals surface area contributed by atoms with Gasteiger partial charge in [-0.3, -0.25) is 9.59 Å². The highest BCUT2D eigenvalue weighted by Crippen LogP contribution is 2.15. The predicted molar refractivity (Wildman–Crippen MR) is 206 cm³/mol. The molecule has 0 saturated carbocycles. The zero-order valence-corrected chi connectivity index (χ0v) is 32.8. The number of esters is 2. The monoisotopic (exact) mass is 681 g/mol. The van der Waals surface area contributed by atoms with Gasteiger partial charge in [0.25, 0.3) is 0 Å². The molecule has 0 radical (unpaired) electrons. The van der Waals surface area contributed by atoms with Crippen molar-refractivity contribution < 1.29 is 23.8 Å². The second-order valence-corrected chi connectivity index (χ2v) is 14.6. The number of carbonyl (C=O) groups excluding carboxylic acids is 2. The first-order valence-electron chi connectivity index (χ1n) is 21.6. The van der Waals surface area contributed by atoms with Crippen LogP contribution in [0, 0.1) is 0 Å². The van der Waals surface area contributed by atoms with Crippen LogP contribution in [0.1, 0.15) is 239 Å². The quantitative estimate of drug-likeness (QED) is 0.0476. The third-order valence-electron chi connectivity index (χ3n) is 9.64. The Balaban J connectivity index is 4.06. The SMILES string of the molecule is CCCCCCCCCCCCCCCCCC(=O)OCC(COCCCCCCCC)OC(=O)CCCCCCCCCCCCC. The molecule has 0 fully saturated rings. The largest absolute Gasteiger partial charge is 0.462 e. The maximum Gasteiger partial charge on any atom is 0.306 e. The van der Waals surface area contributed by atoms with Crippen LogP contribution in [0.4, 0.5) is 0 Å². The van der Waals surface area contributed by atoms with E-state index in [4.69, 9.17) is 14.2 Å². The van der Waals surface area contributed by atoms with Crippen LogP contribution in [0.5, 0.6) is 0 Å². The van der Waals surface area contributed by atoms with Gasteiger partial charge in [-0.05, 0) is 19.3 Å². The van der Waals surface area contributed by atoms with Gasteiger partial charge in [0.05, 0.1) is 6.61 Å². The average Bonchev–Trinajstić information content (AvgIpc) is 3.08. The number of unbranched alkanes of at least 4 members (excludes halogenated alkanes) is 29. The van der Waals surface area contributed by atoms with Gasteiger partial charge < -0.3 is 14.2 Å². The predicted octanol–water partition coefficient (Wildman–Crippen LogP) is 13.8. The molecule has 0 bridgehead atoms. The average molecular weight is 681 g/mol. The molecule has 0 aliphatic heterocycles. The van der Waals surface area contributed by atoms with E-state index in [2.05, 4.69) is 20.8 Å². The van der Waals surface area contributed by atoms with Crippen molar-refractivity contribution in [1.82, 2.24) is 0 Å². The molecule has 0 spiro atoms. The summed E-state index contributed by atoms with van der Waals surface area (Å²) in [6, 6.07) is 0. The molecule has 0 rings (SSSR count). The highest BCUT2D eigenvalue weighted by molar-refractivity contribution is 5.70. The van der Waals surface area contributed by atoms with Crippen molar-refractivity contribution in [2.75, 3.05) is 19.8 Å². The lowest BCUT2D eigenvalue weighted by atomic mass is 10.0. The molecule has 286 valence electrons. The Hall–Kier alpha value is -1.10. The highest BCUT2D eigenvalue weighted by Gasteiger charge is 2.17. The minimum Gasteiger partial charge on any atom is -0.462 e. The molecule has 1 unspecified atom stereocenters. The van der Waals surface area contributed by atoms with E-state index in [9.17, 15) is 9.59 Å². The second kappa shape index (κ2) is 40.3. The van der Waals surface area contributed by atoms with E-state index < -0.39 is 6.10 Å². The Bertz CT molecular complexity index is 651. The molecule has 0 aromatic heterocycles. The Morgan fingerprint density at radius 1 is 0.375 bits per heavy atom. The first kappa shape index (κ1) is 46.9. The van der Waals surface area contributed by atoms with Crippen molar-refractivity contribution in [2.24, 2.45) is 0 Å². The number of rotatable bonds is 40. The highest BCUT2D eigenvalue weighted by atomic mass is 16.6. The molecule has 0 aliphatic carbocycles. The van der Waals surface area contributed by atoms with Gasteiger partial charge in [0.1, 0.15) is 6.61 Å². The summed E-state index contributed by atoms with van der Waals surface area (Å²) in [5.41, 5.74) is 0. The lowest BCUT2D eigenvalue weighted by molar-refractivity contribution is -0.163. The van der Waals surface area contributed by atoms with Crippen LogP contribution >= 0.6 is 0 Å². The molecular formula is C43H84O5. The van der Waals surface area contributed by atoms with E-state index in [0.717, 1.165) is 38.5 Å². The molecule has 0 N–H and O–H groups in total. The van der Waals surface area contributed by atoms with E-state index in [1.165, 1.54) is 167 Å². The summed E-state index contributed by atoms with van der Waals surface area (Å²) in [6.07, 6.45) is 41.0. The third-order valence-corrected chi connectivity index (χ3v) is 9.64. The number of carbonyl (C=O) groups is 2. The van der Waals surface area contributed by atoms with E-state index in [-0.39, 0.29) is 18.5 Å². The topological polar surface area (TPSA) is 61.8 Å². The van der Waals surface area contributed by atoms with Gasteiger partial charge in [-0.2, -0.15) is 0 Å². The maximum absolute atomic E-state index is 12.6. The second-order valence-electron chi connectivity index (χ2n) is 14.6. The van der Waals surface area contributed by atoms with Crippen LogP contribution in [-0.2, 0) is 23.8 Å². The smallest absolute Gasteiger partial charge is 0.306 e. The summed E-state index contributed by atoms with van der Waals surface area (Å²) in [5, 5.41) is 0. The van der Waals surface area contributed by atoms with Crippen LogP contribution < -0.4 is 0 Å². The number of hydrogen-bond donors (Lipinski definition) is 0. The Morgan fingerprint density at radius 3 is 1.06 bits per heavy atom. The van der Waals surface area contributed by atoms with Gasteiger partial charge in [0.15, 0.2) is 6.10 Å². The van der Waals surface area contributed by atoms with Crippen molar-refractivity contribution in [3.05, 3.63) is 0 Å². The first-order chi connectivity index (χ1) is 23.6. The van der Waals surface area contributed by atoms with Gasteiger partial charge in [0.2, 0.25) is 0 Å².